The molecule has 0 spiro atoms. The molecule has 2 aromatic rings. The van der Waals surface area contributed by atoms with Crippen LogP contribution in [-0.4, -0.2) is 54.2 Å². The molecular weight excluding hydrogens is 419 g/mol. The predicted octanol–water partition coefficient (Wildman–Crippen LogP) is 4.51. The average molecular weight is 449 g/mol. The van der Waals surface area contributed by atoms with Crippen molar-refractivity contribution in [2.75, 3.05) is 26.3 Å². The van der Waals surface area contributed by atoms with E-state index in [9.17, 15) is 9.50 Å². The van der Waals surface area contributed by atoms with Crippen molar-refractivity contribution in [2.45, 2.75) is 39.0 Å². The lowest BCUT2D eigenvalue weighted by Crippen LogP contribution is -2.39. The highest BCUT2D eigenvalue weighted by atomic mass is 35.5. The van der Waals surface area contributed by atoms with Crippen LogP contribution in [0.15, 0.2) is 53.7 Å². The Morgan fingerprint density at radius 2 is 2.00 bits per heavy atom. The first-order valence-electron chi connectivity index (χ1n) is 10.6. The summed E-state index contributed by atoms with van der Waals surface area (Å²) in [6, 6.07) is 14.0. The van der Waals surface area contributed by atoms with E-state index in [2.05, 4.69) is 23.9 Å². The number of ether oxygens (including phenoxy) is 1. The lowest BCUT2D eigenvalue weighted by atomic mass is 10.0. The Kier molecular flexibility index (Phi) is 8.84. The van der Waals surface area contributed by atoms with Crippen LogP contribution >= 0.6 is 11.6 Å². The maximum Gasteiger partial charge on any atom is 0.145 e. The molecule has 0 aliphatic carbocycles. The van der Waals surface area contributed by atoms with Gasteiger partial charge < -0.3 is 14.7 Å². The van der Waals surface area contributed by atoms with Crippen molar-refractivity contribution < 1.29 is 19.1 Å². The maximum absolute atomic E-state index is 13.7. The summed E-state index contributed by atoms with van der Waals surface area (Å²) in [6.07, 6.45) is -0.144. The third kappa shape index (κ3) is 7.89. The zero-order valence-corrected chi connectivity index (χ0v) is 18.8. The number of hydrogen-bond acceptors (Lipinski definition) is 5. The van der Waals surface area contributed by atoms with Crippen LogP contribution in [0.1, 0.15) is 31.4 Å². The predicted molar refractivity (Wildman–Crippen MR) is 121 cm³/mol. The van der Waals surface area contributed by atoms with Crippen LogP contribution in [0.5, 0.6) is 0 Å². The van der Waals surface area contributed by atoms with Crippen molar-refractivity contribution in [3.05, 3.63) is 70.5 Å². The molecule has 7 heteroatoms. The van der Waals surface area contributed by atoms with Gasteiger partial charge in [0.1, 0.15) is 11.9 Å². The van der Waals surface area contributed by atoms with Gasteiger partial charge in [0.05, 0.1) is 18.4 Å². The van der Waals surface area contributed by atoms with E-state index >= 15 is 0 Å². The van der Waals surface area contributed by atoms with Gasteiger partial charge in [-0.15, -0.1) is 0 Å². The summed E-state index contributed by atoms with van der Waals surface area (Å²) >= 11 is 5.97. The third-order valence-corrected chi connectivity index (χ3v) is 5.15. The van der Waals surface area contributed by atoms with Gasteiger partial charge >= 0.3 is 0 Å². The minimum absolute atomic E-state index is 0.150. The summed E-state index contributed by atoms with van der Waals surface area (Å²) in [7, 11) is 0. The van der Waals surface area contributed by atoms with E-state index in [0.29, 0.717) is 43.6 Å². The molecule has 0 unspecified atom stereocenters. The summed E-state index contributed by atoms with van der Waals surface area (Å²) in [5.74, 6) is 0.134. The van der Waals surface area contributed by atoms with Crippen LogP contribution in [0, 0.1) is 11.7 Å². The first-order valence-corrected chi connectivity index (χ1v) is 11.0. The molecule has 1 N–H and O–H groups in total. The number of nitrogens with zero attached hydrogens (tertiary/aromatic N) is 2. The molecule has 0 saturated carbocycles. The van der Waals surface area contributed by atoms with Crippen LogP contribution in [0.2, 0.25) is 5.02 Å². The molecule has 168 valence electrons. The smallest absolute Gasteiger partial charge is 0.145 e. The molecule has 0 fully saturated rings. The Morgan fingerprint density at radius 1 is 1.23 bits per heavy atom. The van der Waals surface area contributed by atoms with Crippen LogP contribution in [0.4, 0.5) is 4.39 Å². The highest BCUT2D eigenvalue weighted by molar-refractivity contribution is 6.30. The van der Waals surface area contributed by atoms with Crippen LogP contribution in [0.3, 0.4) is 0 Å². The summed E-state index contributed by atoms with van der Waals surface area (Å²) in [4.78, 5) is 7.72. The van der Waals surface area contributed by atoms with Crippen molar-refractivity contribution in [1.82, 2.24) is 4.90 Å². The van der Waals surface area contributed by atoms with E-state index in [0.717, 1.165) is 16.8 Å². The third-order valence-electron chi connectivity index (χ3n) is 4.90. The normalized spacial score (nSPS) is 17.1. The molecule has 5 nitrogen and oxygen atoms in total. The molecule has 0 radical (unpaired) electrons. The topological polar surface area (TPSA) is 54.3 Å². The first-order chi connectivity index (χ1) is 14.9. The second-order valence-corrected chi connectivity index (χ2v) is 8.82. The molecule has 2 aromatic carbocycles. The second kappa shape index (κ2) is 11.6. The van der Waals surface area contributed by atoms with Gasteiger partial charge in [0, 0.05) is 37.7 Å². The summed E-state index contributed by atoms with van der Waals surface area (Å²) < 4.78 is 19.2. The van der Waals surface area contributed by atoms with E-state index in [1.807, 2.05) is 30.3 Å². The van der Waals surface area contributed by atoms with Gasteiger partial charge in [0.15, 0.2) is 0 Å². The molecule has 1 aliphatic heterocycles. The Bertz CT molecular complexity index is 860. The van der Waals surface area contributed by atoms with E-state index in [-0.39, 0.29) is 18.5 Å². The Hall–Kier alpha value is -1.99. The quantitative estimate of drug-likeness (QED) is 0.549. The zero-order valence-electron chi connectivity index (χ0n) is 18.0. The van der Waals surface area contributed by atoms with Gasteiger partial charge in [0.2, 0.25) is 0 Å². The van der Waals surface area contributed by atoms with Crippen molar-refractivity contribution in [3.63, 3.8) is 0 Å². The SMILES string of the molecule is CC(C)COC[C@H](O)CN(Cc1cccc(F)c1)C[C@@H]1CC(c2ccc(Cl)cc2)=NO1. The van der Waals surface area contributed by atoms with E-state index in [1.54, 1.807) is 6.07 Å². The van der Waals surface area contributed by atoms with Gasteiger partial charge in [-0.05, 0) is 41.3 Å². The lowest BCUT2D eigenvalue weighted by molar-refractivity contribution is -0.00735. The number of hydrogen-bond donors (Lipinski definition) is 1. The molecule has 2 atom stereocenters. The van der Waals surface area contributed by atoms with E-state index in [4.69, 9.17) is 21.2 Å². The van der Waals surface area contributed by atoms with Crippen LogP contribution in [0.25, 0.3) is 0 Å². The van der Waals surface area contributed by atoms with Gasteiger partial charge in [-0.25, -0.2) is 4.39 Å². The van der Waals surface area contributed by atoms with Crippen LogP contribution in [-0.2, 0) is 16.1 Å². The van der Waals surface area contributed by atoms with Crippen LogP contribution < -0.4 is 0 Å². The minimum atomic E-state index is -0.648. The highest BCUT2D eigenvalue weighted by Crippen LogP contribution is 2.20. The Morgan fingerprint density at radius 3 is 2.71 bits per heavy atom. The first kappa shape index (κ1) is 23.7. The molecular formula is C24H30ClFN2O3. The standard InChI is InChI=1S/C24H30ClFN2O3/c1-17(2)15-30-16-22(29)13-28(12-18-4-3-5-21(26)10-18)14-23-11-24(27-31-23)19-6-8-20(25)9-7-19/h3-10,17,22-23,29H,11-16H2,1-2H3/t22-,23+/m1/s1. The summed E-state index contributed by atoms with van der Waals surface area (Å²) in [6.45, 7) is 6.44. The number of aliphatic hydroxyl groups excluding tert-OH is 1. The van der Waals surface area contributed by atoms with Gasteiger partial charge in [-0.1, -0.05) is 54.9 Å². The second-order valence-electron chi connectivity index (χ2n) is 8.39. The highest BCUT2D eigenvalue weighted by Gasteiger charge is 2.26. The molecule has 1 heterocycles. The van der Waals surface area contributed by atoms with Gasteiger partial charge in [-0.2, -0.15) is 0 Å². The minimum Gasteiger partial charge on any atom is -0.390 e. The maximum atomic E-state index is 13.7. The lowest BCUT2D eigenvalue weighted by Gasteiger charge is -2.27. The number of rotatable bonds is 11. The largest absolute Gasteiger partial charge is 0.390 e. The van der Waals surface area contributed by atoms with Crippen molar-refractivity contribution in [2.24, 2.45) is 11.1 Å². The van der Waals surface area contributed by atoms with Crippen molar-refractivity contribution in [3.8, 4) is 0 Å². The number of aliphatic hydroxyl groups is 1. The van der Waals surface area contributed by atoms with E-state index in [1.165, 1.54) is 12.1 Å². The number of oxime groups is 1. The van der Waals surface area contributed by atoms with Gasteiger partial charge in [0.25, 0.3) is 0 Å². The zero-order chi connectivity index (χ0) is 22.2. The van der Waals surface area contributed by atoms with E-state index < -0.39 is 6.10 Å². The molecule has 0 aromatic heterocycles. The Balaban J connectivity index is 1.60. The number of benzene rings is 2. The monoisotopic (exact) mass is 448 g/mol. The molecule has 3 rings (SSSR count). The van der Waals surface area contributed by atoms with Gasteiger partial charge in [-0.3, -0.25) is 4.90 Å². The molecule has 0 saturated heterocycles. The molecule has 1 aliphatic rings. The van der Waals surface area contributed by atoms with Crippen molar-refractivity contribution in [1.29, 1.82) is 0 Å². The molecule has 0 bridgehead atoms. The number of halogens is 2. The average Bonchev–Trinajstić information content (AvgIpc) is 3.16. The molecule has 0 amide bonds. The Labute approximate surface area is 188 Å². The summed E-state index contributed by atoms with van der Waals surface area (Å²) in [5.41, 5.74) is 2.69. The fraction of sp³-hybridized carbons (Fsp3) is 0.458. The molecule has 31 heavy (non-hydrogen) atoms. The summed E-state index contributed by atoms with van der Waals surface area (Å²) in [5, 5.41) is 15.4. The van der Waals surface area contributed by atoms with Crippen molar-refractivity contribution >= 4 is 17.3 Å². The fourth-order valence-electron chi connectivity index (χ4n) is 3.51. The fourth-order valence-corrected chi connectivity index (χ4v) is 3.64.